The number of nitrogens with zero attached hydrogens (tertiary/aromatic N) is 1. The zero-order valence-electron chi connectivity index (χ0n) is 9.67. The third kappa shape index (κ3) is 1.98. The summed E-state index contributed by atoms with van der Waals surface area (Å²) < 4.78 is 0. The van der Waals surface area contributed by atoms with E-state index >= 15 is 0 Å². The van der Waals surface area contributed by atoms with Gasteiger partial charge in [0.1, 0.15) is 5.82 Å². The average Bonchev–Trinajstić information content (AvgIpc) is 2.73. The molecule has 0 saturated heterocycles. The number of hydrogen-bond donors (Lipinski definition) is 1. The Morgan fingerprint density at radius 1 is 1.06 bits per heavy atom. The second-order valence-electron chi connectivity index (χ2n) is 4.21. The van der Waals surface area contributed by atoms with Gasteiger partial charge in [-0.1, -0.05) is 23.2 Å². The van der Waals surface area contributed by atoms with Crippen LogP contribution in [0.25, 0.3) is 22.4 Å². The third-order valence-electron chi connectivity index (χ3n) is 2.88. The van der Waals surface area contributed by atoms with Crippen LogP contribution in [0.15, 0.2) is 36.4 Å². The molecule has 0 amide bonds. The van der Waals surface area contributed by atoms with E-state index in [0.29, 0.717) is 5.02 Å². The average molecular weight is 277 g/mol. The molecule has 0 bridgehead atoms. The fourth-order valence-corrected chi connectivity index (χ4v) is 2.17. The van der Waals surface area contributed by atoms with Crippen molar-refractivity contribution < 1.29 is 0 Å². The van der Waals surface area contributed by atoms with Gasteiger partial charge in [0, 0.05) is 15.6 Å². The highest BCUT2D eigenvalue weighted by molar-refractivity contribution is 6.32. The summed E-state index contributed by atoms with van der Waals surface area (Å²) in [7, 11) is 0. The SMILES string of the molecule is Cc1cc2[nH]c(-c3ccc(Cl)cc3)nc2cc1Cl. The van der Waals surface area contributed by atoms with Crippen LogP contribution in [0.4, 0.5) is 0 Å². The first-order chi connectivity index (χ1) is 8.63. The number of fused-ring (bicyclic) bond motifs is 1. The Kier molecular flexibility index (Phi) is 2.77. The van der Waals surface area contributed by atoms with Gasteiger partial charge in [-0.2, -0.15) is 0 Å². The highest BCUT2D eigenvalue weighted by Gasteiger charge is 2.07. The molecule has 1 heterocycles. The van der Waals surface area contributed by atoms with Crippen LogP contribution in [0.1, 0.15) is 5.56 Å². The molecule has 90 valence electrons. The maximum atomic E-state index is 6.09. The second kappa shape index (κ2) is 4.30. The van der Waals surface area contributed by atoms with Gasteiger partial charge in [-0.05, 0) is 48.9 Å². The van der Waals surface area contributed by atoms with Crippen LogP contribution >= 0.6 is 23.2 Å². The smallest absolute Gasteiger partial charge is 0.138 e. The number of aryl methyl sites for hydroxylation is 1. The summed E-state index contributed by atoms with van der Waals surface area (Å²) in [4.78, 5) is 7.82. The molecule has 0 aliphatic carbocycles. The van der Waals surface area contributed by atoms with E-state index in [0.717, 1.165) is 33.0 Å². The quantitative estimate of drug-likeness (QED) is 0.677. The van der Waals surface area contributed by atoms with Gasteiger partial charge in [0.2, 0.25) is 0 Å². The molecule has 0 spiro atoms. The highest BCUT2D eigenvalue weighted by Crippen LogP contribution is 2.26. The van der Waals surface area contributed by atoms with Gasteiger partial charge in [-0.15, -0.1) is 0 Å². The molecule has 0 aliphatic rings. The lowest BCUT2D eigenvalue weighted by Gasteiger charge is -1.95. The molecule has 1 aromatic heterocycles. The fourth-order valence-electron chi connectivity index (χ4n) is 1.88. The van der Waals surface area contributed by atoms with Crippen LogP contribution < -0.4 is 0 Å². The molecule has 3 rings (SSSR count). The van der Waals surface area contributed by atoms with Crippen molar-refractivity contribution in [2.75, 3.05) is 0 Å². The van der Waals surface area contributed by atoms with E-state index in [4.69, 9.17) is 23.2 Å². The van der Waals surface area contributed by atoms with Crippen molar-refractivity contribution in [3.05, 3.63) is 52.0 Å². The zero-order chi connectivity index (χ0) is 12.7. The van der Waals surface area contributed by atoms with E-state index < -0.39 is 0 Å². The van der Waals surface area contributed by atoms with Gasteiger partial charge in [-0.3, -0.25) is 0 Å². The van der Waals surface area contributed by atoms with E-state index in [1.165, 1.54) is 0 Å². The van der Waals surface area contributed by atoms with Crippen molar-refractivity contribution in [1.29, 1.82) is 0 Å². The number of hydrogen-bond acceptors (Lipinski definition) is 1. The van der Waals surface area contributed by atoms with Crippen molar-refractivity contribution in [3.8, 4) is 11.4 Å². The number of halogens is 2. The Balaban J connectivity index is 2.16. The molecule has 18 heavy (non-hydrogen) atoms. The van der Waals surface area contributed by atoms with Crippen LogP contribution in [0, 0.1) is 6.92 Å². The Morgan fingerprint density at radius 3 is 2.50 bits per heavy atom. The van der Waals surface area contributed by atoms with E-state index in [-0.39, 0.29) is 0 Å². The fraction of sp³-hybridized carbons (Fsp3) is 0.0714. The zero-order valence-corrected chi connectivity index (χ0v) is 11.2. The maximum absolute atomic E-state index is 6.09. The molecule has 0 atom stereocenters. The summed E-state index contributed by atoms with van der Waals surface area (Å²) >= 11 is 12.0. The van der Waals surface area contributed by atoms with Crippen molar-refractivity contribution in [2.24, 2.45) is 0 Å². The normalized spacial score (nSPS) is 11.1. The molecule has 4 heteroatoms. The van der Waals surface area contributed by atoms with Crippen molar-refractivity contribution in [2.45, 2.75) is 6.92 Å². The van der Waals surface area contributed by atoms with Gasteiger partial charge in [0.05, 0.1) is 11.0 Å². The molecule has 2 aromatic carbocycles. The van der Waals surface area contributed by atoms with E-state index in [9.17, 15) is 0 Å². The van der Waals surface area contributed by atoms with E-state index in [1.807, 2.05) is 43.3 Å². The lowest BCUT2D eigenvalue weighted by Crippen LogP contribution is -1.78. The van der Waals surface area contributed by atoms with Crippen molar-refractivity contribution >= 4 is 34.2 Å². The summed E-state index contributed by atoms with van der Waals surface area (Å²) in [6.07, 6.45) is 0. The Labute approximate surface area is 115 Å². The lowest BCUT2D eigenvalue weighted by molar-refractivity contribution is 1.34. The number of H-pyrrole nitrogens is 1. The summed E-state index contributed by atoms with van der Waals surface area (Å²) in [6.45, 7) is 1.98. The standard InChI is InChI=1S/C14H10Cl2N2/c1-8-6-12-13(7-11(8)16)18-14(17-12)9-2-4-10(15)5-3-9/h2-7H,1H3,(H,17,18). The van der Waals surface area contributed by atoms with Crippen LogP contribution in [0.3, 0.4) is 0 Å². The minimum absolute atomic E-state index is 0.716. The molecule has 0 fully saturated rings. The molecular formula is C14H10Cl2N2. The second-order valence-corrected chi connectivity index (χ2v) is 5.05. The molecule has 1 N–H and O–H groups in total. The molecule has 3 aromatic rings. The lowest BCUT2D eigenvalue weighted by atomic mass is 10.2. The number of benzene rings is 2. The summed E-state index contributed by atoms with van der Waals surface area (Å²) in [5.41, 5.74) is 3.90. The number of aromatic nitrogens is 2. The predicted octanol–water partition coefficient (Wildman–Crippen LogP) is 4.85. The Hall–Kier alpha value is -1.51. The first kappa shape index (κ1) is 11.6. The van der Waals surface area contributed by atoms with Crippen LogP contribution in [0.5, 0.6) is 0 Å². The molecule has 0 saturated carbocycles. The van der Waals surface area contributed by atoms with Crippen LogP contribution in [-0.2, 0) is 0 Å². The first-order valence-corrected chi connectivity index (χ1v) is 6.31. The topological polar surface area (TPSA) is 28.7 Å². The minimum atomic E-state index is 0.716. The van der Waals surface area contributed by atoms with Crippen molar-refractivity contribution in [3.63, 3.8) is 0 Å². The summed E-state index contributed by atoms with van der Waals surface area (Å²) in [6, 6.07) is 11.5. The number of aromatic amines is 1. The molecule has 2 nitrogen and oxygen atoms in total. The largest absolute Gasteiger partial charge is 0.338 e. The molecule has 0 aliphatic heterocycles. The Morgan fingerprint density at radius 2 is 1.78 bits per heavy atom. The van der Waals surface area contributed by atoms with E-state index in [2.05, 4.69) is 9.97 Å². The van der Waals surface area contributed by atoms with Crippen LogP contribution in [0.2, 0.25) is 10.0 Å². The highest BCUT2D eigenvalue weighted by atomic mass is 35.5. The van der Waals surface area contributed by atoms with Gasteiger partial charge in [-0.25, -0.2) is 4.98 Å². The molecule has 0 unspecified atom stereocenters. The molecular weight excluding hydrogens is 267 g/mol. The predicted molar refractivity (Wildman–Crippen MR) is 76.3 cm³/mol. The van der Waals surface area contributed by atoms with E-state index in [1.54, 1.807) is 0 Å². The number of imidazole rings is 1. The first-order valence-electron chi connectivity index (χ1n) is 5.55. The summed E-state index contributed by atoms with van der Waals surface area (Å²) in [5, 5.41) is 1.45. The van der Waals surface area contributed by atoms with Gasteiger partial charge < -0.3 is 4.98 Å². The minimum Gasteiger partial charge on any atom is -0.338 e. The van der Waals surface area contributed by atoms with Crippen molar-refractivity contribution in [1.82, 2.24) is 9.97 Å². The summed E-state index contributed by atoms with van der Waals surface area (Å²) in [5.74, 6) is 0.823. The maximum Gasteiger partial charge on any atom is 0.138 e. The monoisotopic (exact) mass is 276 g/mol. The van der Waals surface area contributed by atoms with Gasteiger partial charge in [0.15, 0.2) is 0 Å². The number of nitrogens with one attached hydrogen (secondary N) is 1. The van der Waals surface area contributed by atoms with Gasteiger partial charge in [0.25, 0.3) is 0 Å². The van der Waals surface area contributed by atoms with Gasteiger partial charge >= 0.3 is 0 Å². The third-order valence-corrected chi connectivity index (χ3v) is 3.54. The number of rotatable bonds is 1. The van der Waals surface area contributed by atoms with Crippen LogP contribution in [-0.4, -0.2) is 9.97 Å². The Bertz CT molecular complexity index is 675. The molecule has 0 radical (unpaired) electrons.